The molecule has 0 aromatic carbocycles. The Balaban J connectivity index is 3.32. The minimum absolute atomic E-state index is 0.468. The average Bonchev–Trinajstić information content (AvgIpc) is 2.42. The quantitative estimate of drug-likeness (QED) is 0.739. The second kappa shape index (κ2) is 7.35. The van der Waals surface area contributed by atoms with Crippen LogP contribution in [-0.4, -0.2) is 30.7 Å². The molecule has 1 aromatic rings. The maximum Gasteiger partial charge on any atom is 0.162 e. The van der Waals surface area contributed by atoms with Crippen LogP contribution in [-0.2, 0) is 21.7 Å². The molecule has 0 aliphatic carbocycles. The predicted octanol–water partition coefficient (Wildman–Crippen LogP) is 2.93. The van der Waals surface area contributed by atoms with Gasteiger partial charge in [0.25, 0.3) is 0 Å². The van der Waals surface area contributed by atoms with Gasteiger partial charge in [0.15, 0.2) is 5.82 Å². The van der Waals surface area contributed by atoms with Crippen LogP contribution in [0, 0.1) is 3.57 Å². The Morgan fingerprint density at radius 1 is 1.26 bits per heavy atom. The van der Waals surface area contributed by atoms with E-state index in [4.69, 9.17) is 9.47 Å². The first kappa shape index (κ1) is 16.6. The van der Waals surface area contributed by atoms with Crippen molar-refractivity contribution in [1.29, 1.82) is 0 Å². The molecule has 6 heteroatoms. The Morgan fingerprint density at radius 3 is 2.42 bits per heavy atom. The zero-order chi connectivity index (χ0) is 14.5. The molecule has 0 radical (unpaired) electrons. The minimum atomic E-state index is -0.475. The Kier molecular flexibility index (Phi) is 6.41. The summed E-state index contributed by atoms with van der Waals surface area (Å²) in [6.45, 7) is 7.39. The number of anilines is 1. The second-order valence-corrected chi connectivity index (χ2v) is 5.49. The van der Waals surface area contributed by atoms with Gasteiger partial charge in [-0.3, -0.25) is 0 Å². The number of nitrogens with zero attached hydrogens (tertiary/aromatic N) is 2. The van der Waals surface area contributed by atoms with Crippen LogP contribution in [0.2, 0.25) is 0 Å². The van der Waals surface area contributed by atoms with E-state index in [1.54, 1.807) is 14.2 Å². The smallest absolute Gasteiger partial charge is 0.162 e. The lowest BCUT2D eigenvalue weighted by molar-refractivity contribution is -0.00932. The van der Waals surface area contributed by atoms with E-state index in [1.165, 1.54) is 0 Å². The van der Waals surface area contributed by atoms with Gasteiger partial charge in [-0.2, -0.15) is 0 Å². The van der Waals surface area contributed by atoms with Gasteiger partial charge in [-0.15, -0.1) is 0 Å². The van der Waals surface area contributed by atoms with E-state index in [0.29, 0.717) is 12.4 Å². The number of hydrogen-bond donors (Lipinski definition) is 1. The van der Waals surface area contributed by atoms with E-state index in [1.807, 2.05) is 13.8 Å². The SMILES string of the molecule is CCNc1nc(C(C)(CC)OC)nc(COC)c1I. The molecule has 0 aliphatic heterocycles. The first-order valence-corrected chi connectivity index (χ1v) is 7.45. The molecule has 0 fully saturated rings. The van der Waals surface area contributed by atoms with Crippen molar-refractivity contribution >= 4 is 28.4 Å². The second-order valence-electron chi connectivity index (χ2n) is 4.41. The first-order chi connectivity index (χ1) is 9.02. The lowest BCUT2D eigenvalue weighted by atomic mass is 10.0. The molecule has 19 heavy (non-hydrogen) atoms. The molecule has 1 aromatic heterocycles. The minimum Gasteiger partial charge on any atom is -0.378 e. The van der Waals surface area contributed by atoms with Crippen LogP contribution in [0.25, 0.3) is 0 Å². The Morgan fingerprint density at radius 2 is 1.95 bits per heavy atom. The molecule has 1 heterocycles. The first-order valence-electron chi connectivity index (χ1n) is 6.37. The molecule has 1 rings (SSSR count). The topological polar surface area (TPSA) is 56.3 Å². The highest BCUT2D eigenvalue weighted by Gasteiger charge is 2.29. The zero-order valence-corrected chi connectivity index (χ0v) is 14.4. The Labute approximate surface area is 128 Å². The Bertz CT molecular complexity index is 395. The van der Waals surface area contributed by atoms with Gasteiger partial charge in [0.2, 0.25) is 0 Å². The fourth-order valence-corrected chi connectivity index (χ4v) is 2.23. The van der Waals surface area contributed by atoms with Crippen molar-refractivity contribution in [2.24, 2.45) is 0 Å². The summed E-state index contributed by atoms with van der Waals surface area (Å²) in [6.07, 6.45) is 0.808. The molecule has 0 spiro atoms. The summed E-state index contributed by atoms with van der Waals surface area (Å²) >= 11 is 2.25. The monoisotopic (exact) mass is 379 g/mol. The molecule has 108 valence electrons. The highest BCUT2D eigenvalue weighted by atomic mass is 127. The van der Waals surface area contributed by atoms with E-state index in [-0.39, 0.29) is 0 Å². The molecule has 0 saturated carbocycles. The number of aromatic nitrogens is 2. The van der Waals surface area contributed by atoms with Crippen LogP contribution in [0.4, 0.5) is 5.82 Å². The van der Waals surface area contributed by atoms with Crippen LogP contribution in [0.15, 0.2) is 0 Å². The largest absolute Gasteiger partial charge is 0.378 e. The van der Waals surface area contributed by atoms with E-state index in [0.717, 1.165) is 28.0 Å². The summed E-state index contributed by atoms with van der Waals surface area (Å²) < 4.78 is 11.8. The van der Waals surface area contributed by atoms with Gasteiger partial charge < -0.3 is 14.8 Å². The molecule has 0 bridgehead atoms. The van der Waals surface area contributed by atoms with E-state index < -0.39 is 5.60 Å². The van der Waals surface area contributed by atoms with E-state index >= 15 is 0 Å². The van der Waals surface area contributed by atoms with Crippen LogP contribution >= 0.6 is 22.6 Å². The van der Waals surface area contributed by atoms with E-state index in [9.17, 15) is 0 Å². The molecule has 0 amide bonds. The summed E-state index contributed by atoms with van der Waals surface area (Å²) in [4.78, 5) is 9.22. The number of rotatable bonds is 7. The zero-order valence-electron chi connectivity index (χ0n) is 12.2. The number of nitrogens with one attached hydrogen (secondary N) is 1. The normalized spacial score (nSPS) is 14.2. The third kappa shape index (κ3) is 3.76. The average molecular weight is 379 g/mol. The summed E-state index contributed by atoms with van der Waals surface area (Å²) in [6, 6.07) is 0. The fraction of sp³-hybridized carbons (Fsp3) is 0.692. The van der Waals surface area contributed by atoms with Gasteiger partial charge in [0.1, 0.15) is 11.4 Å². The van der Waals surface area contributed by atoms with Crippen LogP contribution in [0.5, 0.6) is 0 Å². The van der Waals surface area contributed by atoms with Gasteiger partial charge in [0.05, 0.1) is 15.9 Å². The predicted molar refractivity (Wildman–Crippen MR) is 84.3 cm³/mol. The molecular weight excluding hydrogens is 357 g/mol. The summed E-state index contributed by atoms with van der Waals surface area (Å²) in [5.74, 6) is 1.54. The Hall–Kier alpha value is -0.470. The summed E-state index contributed by atoms with van der Waals surface area (Å²) in [5, 5.41) is 3.27. The summed E-state index contributed by atoms with van der Waals surface area (Å²) in [7, 11) is 3.36. The highest BCUT2D eigenvalue weighted by Crippen LogP contribution is 2.29. The number of ether oxygens (including phenoxy) is 2. The van der Waals surface area contributed by atoms with Gasteiger partial charge in [0, 0.05) is 20.8 Å². The maximum absolute atomic E-state index is 5.58. The molecule has 1 N–H and O–H groups in total. The van der Waals surface area contributed by atoms with Crippen molar-refractivity contribution in [2.45, 2.75) is 39.4 Å². The van der Waals surface area contributed by atoms with Crippen molar-refractivity contribution in [3.8, 4) is 0 Å². The van der Waals surface area contributed by atoms with Gasteiger partial charge in [-0.25, -0.2) is 9.97 Å². The van der Waals surface area contributed by atoms with Crippen LogP contribution < -0.4 is 5.32 Å². The number of hydrogen-bond acceptors (Lipinski definition) is 5. The molecule has 1 atom stereocenters. The molecule has 1 unspecified atom stereocenters. The molecule has 5 nitrogen and oxygen atoms in total. The fourth-order valence-electron chi connectivity index (χ4n) is 1.64. The van der Waals surface area contributed by atoms with Crippen molar-refractivity contribution in [3.05, 3.63) is 15.1 Å². The molecule has 0 aliphatic rings. The number of methoxy groups -OCH3 is 2. The third-order valence-corrected chi connectivity index (χ3v) is 4.28. The standard InChI is InChI=1S/C13H22IN3O2/c1-6-13(3,19-5)12-16-9(8-18-4)10(14)11(17-12)15-7-2/h6-8H2,1-5H3,(H,15,16,17). The lowest BCUT2D eigenvalue weighted by Crippen LogP contribution is -2.28. The van der Waals surface area contributed by atoms with Crippen molar-refractivity contribution in [1.82, 2.24) is 9.97 Å². The van der Waals surface area contributed by atoms with Crippen molar-refractivity contribution in [2.75, 3.05) is 26.1 Å². The molecule has 0 saturated heterocycles. The third-order valence-electron chi connectivity index (χ3n) is 3.14. The maximum atomic E-state index is 5.58. The van der Waals surface area contributed by atoms with Crippen molar-refractivity contribution in [3.63, 3.8) is 0 Å². The van der Waals surface area contributed by atoms with Gasteiger partial charge >= 0.3 is 0 Å². The van der Waals surface area contributed by atoms with Crippen LogP contribution in [0.3, 0.4) is 0 Å². The van der Waals surface area contributed by atoms with Crippen molar-refractivity contribution < 1.29 is 9.47 Å². The van der Waals surface area contributed by atoms with Gasteiger partial charge in [-0.05, 0) is 42.9 Å². The van der Waals surface area contributed by atoms with E-state index in [2.05, 4.69) is 44.8 Å². The van der Waals surface area contributed by atoms with Crippen LogP contribution in [0.1, 0.15) is 38.7 Å². The summed E-state index contributed by atoms with van der Waals surface area (Å²) in [5.41, 5.74) is 0.414. The molecular formula is C13H22IN3O2. The van der Waals surface area contributed by atoms with Gasteiger partial charge in [-0.1, -0.05) is 6.92 Å². The number of halogens is 1. The highest BCUT2D eigenvalue weighted by molar-refractivity contribution is 14.1. The lowest BCUT2D eigenvalue weighted by Gasteiger charge is -2.26.